The molecule has 0 spiro atoms. The molecule has 0 fully saturated rings. The molecule has 6 heteroatoms. The third-order valence-electron chi connectivity index (χ3n) is 2.79. The van der Waals surface area contributed by atoms with Crippen LogP contribution >= 0.6 is 0 Å². The van der Waals surface area contributed by atoms with Gasteiger partial charge in [0, 0.05) is 0 Å². The molecule has 0 atom stereocenters. The Morgan fingerprint density at radius 1 is 1.26 bits per heavy atom. The van der Waals surface area contributed by atoms with Crippen molar-refractivity contribution in [3.8, 4) is 5.69 Å². The van der Waals surface area contributed by atoms with Gasteiger partial charge in [-0.1, -0.05) is 12.1 Å². The summed E-state index contributed by atoms with van der Waals surface area (Å²) in [5.41, 5.74) is 0.276. The second kappa shape index (κ2) is 4.53. The molecular formula is C13H11F3N2O. The molecule has 19 heavy (non-hydrogen) atoms. The minimum Gasteiger partial charge on any atom is -0.298 e. The van der Waals surface area contributed by atoms with Gasteiger partial charge in [-0.3, -0.25) is 4.79 Å². The van der Waals surface area contributed by atoms with E-state index in [0.29, 0.717) is 11.3 Å². The number of carbonyl (C=O) groups excluding carboxylic acids is 1. The molecule has 2 rings (SSSR count). The Balaban J connectivity index is 2.73. The highest BCUT2D eigenvalue weighted by Crippen LogP contribution is 2.33. The third kappa shape index (κ3) is 2.38. The average molecular weight is 268 g/mol. The van der Waals surface area contributed by atoms with Crippen molar-refractivity contribution in [2.75, 3.05) is 0 Å². The minimum absolute atomic E-state index is 0.164. The normalized spacial score (nSPS) is 11.6. The molecule has 0 aliphatic carbocycles. The summed E-state index contributed by atoms with van der Waals surface area (Å²) in [6.07, 6.45) is -3.54. The van der Waals surface area contributed by atoms with Gasteiger partial charge in [-0.25, -0.2) is 4.68 Å². The van der Waals surface area contributed by atoms with Gasteiger partial charge in [-0.05, 0) is 31.0 Å². The number of benzene rings is 1. The second-order valence-electron chi connectivity index (χ2n) is 4.27. The van der Waals surface area contributed by atoms with E-state index in [-0.39, 0.29) is 6.29 Å². The first-order valence-corrected chi connectivity index (χ1v) is 5.52. The molecule has 0 aliphatic heterocycles. The minimum atomic E-state index is -4.64. The number of carbonyl (C=O) groups is 1. The number of aromatic nitrogens is 2. The Labute approximate surface area is 107 Å². The number of halogens is 3. The SMILES string of the molecule is Cc1ccc(C)c(-n2ncc(C=O)c2C(F)(F)F)c1. The summed E-state index contributed by atoms with van der Waals surface area (Å²) < 4.78 is 39.9. The van der Waals surface area contributed by atoms with Gasteiger partial charge in [0.15, 0.2) is 12.0 Å². The molecule has 0 radical (unpaired) electrons. The summed E-state index contributed by atoms with van der Waals surface area (Å²) >= 11 is 0. The Hall–Kier alpha value is -2.11. The fourth-order valence-electron chi connectivity index (χ4n) is 1.86. The fraction of sp³-hybridized carbons (Fsp3) is 0.231. The second-order valence-corrected chi connectivity index (χ2v) is 4.27. The van der Waals surface area contributed by atoms with Crippen LogP contribution in [0, 0.1) is 13.8 Å². The van der Waals surface area contributed by atoms with Crippen molar-refractivity contribution in [2.45, 2.75) is 20.0 Å². The fourth-order valence-corrected chi connectivity index (χ4v) is 1.86. The molecule has 0 unspecified atom stereocenters. The number of aryl methyl sites for hydroxylation is 2. The standard InChI is InChI=1S/C13H11F3N2O/c1-8-3-4-9(2)11(5-8)18-12(13(14,15)16)10(7-19)6-17-18/h3-7H,1-2H3. The number of hydrogen-bond acceptors (Lipinski definition) is 2. The van der Waals surface area contributed by atoms with Crippen LogP contribution in [0.25, 0.3) is 5.69 Å². The molecule has 0 saturated carbocycles. The van der Waals surface area contributed by atoms with E-state index in [1.807, 2.05) is 0 Å². The monoisotopic (exact) mass is 268 g/mol. The summed E-state index contributed by atoms with van der Waals surface area (Å²) in [4.78, 5) is 10.7. The maximum Gasteiger partial charge on any atom is 0.434 e. The lowest BCUT2D eigenvalue weighted by atomic mass is 10.1. The van der Waals surface area contributed by atoms with E-state index in [9.17, 15) is 18.0 Å². The molecular weight excluding hydrogens is 257 g/mol. The summed E-state index contributed by atoms with van der Waals surface area (Å²) in [5, 5.41) is 3.69. The summed E-state index contributed by atoms with van der Waals surface area (Å²) in [6.45, 7) is 3.47. The van der Waals surface area contributed by atoms with Crippen LogP contribution in [-0.4, -0.2) is 16.1 Å². The van der Waals surface area contributed by atoms with Gasteiger partial charge in [0.05, 0.1) is 17.4 Å². The Bertz CT molecular complexity index is 629. The zero-order chi connectivity index (χ0) is 14.2. The average Bonchev–Trinajstić information content (AvgIpc) is 2.75. The van der Waals surface area contributed by atoms with Crippen molar-refractivity contribution >= 4 is 6.29 Å². The smallest absolute Gasteiger partial charge is 0.298 e. The van der Waals surface area contributed by atoms with Gasteiger partial charge in [-0.15, -0.1) is 0 Å². The van der Waals surface area contributed by atoms with Crippen molar-refractivity contribution < 1.29 is 18.0 Å². The predicted octanol–water partition coefficient (Wildman–Crippen LogP) is 3.32. The first-order chi connectivity index (χ1) is 8.84. The van der Waals surface area contributed by atoms with E-state index in [1.54, 1.807) is 32.0 Å². The van der Waals surface area contributed by atoms with E-state index >= 15 is 0 Å². The lowest BCUT2D eigenvalue weighted by Gasteiger charge is -2.13. The topological polar surface area (TPSA) is 34.9 Å². The highest BCUT2D eigenvalue weighted by molar-refractivity contribution is 5.76. The van der Waals surface area contributed by atoms with Crippen molar-refractivity contribution in [3.63, 3.8) is 0 Å². The molecule has 0 aliphatic rings. The molecule has 100 valence electrons. The first kappa shape index (κ1) is 13.3. The molecule has 1 aromatic carbocycles. The molecule has 3 nitrogen and oxygen atoms in total. The van der Waals surface area contributed by atoms with Crippen molar-refractivity contribution in [1.29, 1.82) is 0 Å². The summed E-state index contributed by atoms with van der Waals surface area (Å²) in [5.74, 6) is 0. The van der Waals surface area contributed by atoms with Crippen LogP contribution < -0.4 is 0 Å². The lowest BCUT2D eigenvalue weighted by Crippen LogP contribution is -2.16. The first-order valence-electron chi connectivity index (χ1n) is 5.52. The van der Waals surface area contributed by atoms with Crippen LogP contribution in [0.2, 0.25) is 0 Å². The van der Waals surface area contributed by atoms with E-state index in [1.165, 1.54) is 0 Å². The molecule has 0 bridgehead atoms. The maximum atomic E-state index is 13.0. The molecule has 0 amide bonds. The lowest BCUT2D eigenvalue weighted by molar-refractivity contribution is -0.143. The highest BCUT2D eigenvalue weighted by Gasteiger charge is 2.38. The molecule has 1 heterocycles. The van der Waals surface area contributed by atoms with E-state index < -0.39 is 17.4 Å². The van der Waals surface area contributed by atoms with E-state index in [2.05, 4.69) is 5.10 Å². The van der Waals surface area contributed by atoms with Crippen LogP contribution in [-0.2, 0) is 6.18 Å². The number of nitrogens with zero attached hydrogens (tertiary/aromatic N) is 2. The Kier molecular flexibility index (Phi) is 3.18. The van der Waals surface area contributed by atoms with E-state index in [0.717, 1.165) is 16.4 Å². The van der Waals surface area contributed by atoms with Crippen LogP contribution in [0.1, 0.15) is 27.2 Å². The molecule has 1 aromatic heterocycles. The zero-order valence-corrected chi connectivity index (χ0v) is 10.3. The van der Waals surface area contributed by atoms with Crippen molar-refractivity contribution in [3.05, 3.63) is 46.8 Å². The molecule has 0 N–H and O–H groups in total. The summed E-state index contributed by atoms with van der Waals surface area (Å²) in [7, 11) is 0. The Morgan fingerprint density at radius 2 is 1.95 bits per heavy atom. The van der Waals surface area contributed by atoms with Crippen LogP contribution in [0.4, 0.5) is 13.2 Å². The maximum absolute atomic E-state index is 13.0. The Morgan fingerprint density at radius 3 is 2.53 bits per heavy atom. The number of hydrogen-bond donors (Lipinski definition) is 0. The highest BCUT2D eigenvalue weighted by atomic mass is 19.4. The van der Waals surface area contributed by atoms with Gasteiger partial charge in [-0.2, -0.15) is 18.3 Å². The quantitative estimate of drug-likeness (QED) is 0.783. The largest absolute Gasteiger partial charge is 0.434 e. The van der Waals surface area contributed by atoms with Gasteiger partial charge in [0.2, 0.25) is 0 Å². The van der Waals surface area contributed by atoms with Crippen LogP contribution in [0.3, 0.4) is 0 Å². The van der Waals surface area contributed by atoms with Crippen molar-refractivity contribution in [1.82, 2.24) is 9.78 Å². The summed E-state index contributed by atoms with van der Waals surface area (Å²) in [6, 6.07) is 5.12. The number of alkyl halides is 3. The number of aldehydes is 1. The van der Waals surface area contributed by atoms with Crippen LogP contribution in [0.15, 0.2) is 24.4 Å². The predicted molar refractivity (Wildman–Crippen MR) is 63.4 cm³/mol. The van der Waals surface area contributed by atoms with Gasteiger partial charge >= 0.3 is 6.18 Å². The molecule has 2 aromatic rings. The number of rotatable bonds is 2. The van der Waals surface area contributed by atoms with E-state index in [4.69, 9.17) is 0 Å². The van der Waals surface area contributed by atoms with Gasteiger partial charge < -0.3 is 0 Å². The molecule has 0 saturated heterocycles. The van der Waals surface area contributed by atoms with Crippen LogP contribution in [0.5, 0.6) is 0 Å². The van der Waals surface area contributed by atoms with Crippen molar-refractivity contribution in [2.24, 2.45) is 0 Å². The zero-order valence-electron chi connectivity index (χ0n) is 10.3. The third-order valence-corrected chi connectivity index (χ3v) is 2.79. The van der Waals surface area contributed by atoms with Gasteiger partial charge in [0.1, 0.15) is 0 Å². The van der Waals surface area contributed by atoms with Gasteiger partial charge in [0.25, 0.3) is 0 Å².